The Bertz CT molecular complexity index is 547. The second-order valence-electron chi connectivity index (χ2n) is 5.56. The van der Waals surface area contributed by atoms with Crippen LogP contribution >= 0.6 is 0 Å². The standard InChI is InChI=1S/C19H24N2O2/c1-15(14-23-2)21-18(22)13-20-19(16-9-5-3-6-10-16)17-11-7-4-8-12-17/h3-12,15,19-20H,13-14H2,1-2H3,(H,21,22). The normalized spacial score (nSPS) is 12.1. The molecule has 1 atom stereocenters. The monoisotopic (exact) mass is 312 g/mol. The number of benzene rings is 2. The molecule has 0 saturated heterocycles. The fourth-order valence-electron chi connectivity index (χ4n) is 2.53. The molecule has 0 spiro atoms. The average molecular weight is 312 g/mol. The fraction of sp³-hybridized carbons (Fsp3) is 0.316. The van der Waals surface area contributed by atoms with Gasteiger partial charge in [-0.15, -0.1) is 0 Å². The predicted molar refractivity (Wildman–Crippen MR) is 92.2 cm³/mol. The average Bonchev–Trinajstić information content (AvgIpc) is 2.57. The number of hydrogen-bond acceptors (Lipinski definition) is 3. The molecule has 0 heterocycles. The minimum atomic E-state index is -0.0357. The van der Waals surface area contributed by atoms with Gasteiger partial charge in [-0.25, -0.2) is 0 Å². The number of nitrogens with one attached hydrogen (secondary N) is 2. The van der Waals surface area contributed by atoms with Gasteiger partial charge in [0.1, 0.15) is 0 Å². The Labute approximate surface area is 137 Å². The zero-order chi connectivity index (χ0) is 16.5. The molecule has 0 aliphatic rings. The molecule has 0 fully saturated rings. The van der Waals surface area contributed by atoms with E-state index in [2.05, 4.69) is 34.9 Å². The summed E-state index contributed by atoms with van der Waals surface area (Å²) in [5.74, 6) is -0.0357. The summed E-state index contributed by atoms with van der Waals surface area (Å²) in [6.45, 7) is 2.68. The Hall–Kier alpha value is -2.17. The van der Waals surface area contributed by atoms with Crippen molar-refractivity contribution in [2.45, 2.75) is 19.0 Å². The van der Waals surface area contributed by atoms with Crippen LogP contribution in [0.25, 0.3) is 0 Å². The minimum Gasteiger partial charge on any atom is -0.383 e. The van der Waals surface area contributed by atoms with Crippen LogP contribution in [0.3, 0.4) is 0 Å². The lowest BCUT2D eigenvalue weighted by Crippen LogP contribution is -2.42. The highest BCUT2D eigenvalue weighted by atomic mass is 16.5. The summed E-state index contributed by atoms with van der Waals surface area (Å²) in [5, 5.41) is 6.26. The Kier molecular flexibility index (Phi) is 6.78. The molecule has 23 heavy (non-hydrogen) atoms. The van der Waals surface area contributed by atoms with E-state index in [1.54, 1.807) is 7.11 Å². The largest absolute Gasteiger partial charge is 0.383 e. The number of hydrogen-bond donors (Lipinski definition) is 2. The van der Waals surface area contributed by atoms with E-state index >= 15 is 0 Å². The first kappa shape index (κ1) is 17.2. The van der Waals surface area contributed by atoms with Crippen LogP contribution in [0.4, 0.5) is 0 Å². The van der Waals surface area contributed by atoms with Crippen LogP contribution in [-0.2, 0) is 9.53 Å². The van der Waals surface area contributed by atoms with Gasteiger partial charge >= 0.3 is 0 Å². The van der Waals surface area contributed by atoms with Crippen molar-refractivity contribution in [3.8, 4) is 0 Å². The van der Waals surface area contributed by atoms with Gasteiger partial charge in [0, 0.05) is 13.2 Å². The Balaban J connectivity index is 2.03. The van der Waals surface area contributed by atoms with E-state index in [4.69, 9.17) is 4.74 Å². The summed E-state index contributed by atoms with van der Waals surface area (Å²) in [6, 6.07) is 20.3. The molecule has 2 N–H and O–H groups in total. The van der Waals surface area contributed by atoms with Crippen molar-refractivity contribution in [2.24, 2.45) is 0 Å². The molecule has 0 saturated carbocycles. The van der Waals surface area contributed by atoms with Gasteiger partial charge in [-0.2, -0.15) is 0 Å². The van der Waals surface area contributed by atoms with Crippen molar-refractivity contribution < 1.29 is 9.53 Å². The molecule has 1 unspecified atom stereocenters. The first-order chi connectivity index (χ1) is 11.2. The fourth-order valence-corrected chi connectivity index (χ4v) is 2.53. The number of ether oxygens (including phenoxy) is 1. The summed E-state index contributed by atoms with van der Waals surface area (Å²) in [5.41, 5.74) is 2.27. The van der Waals surface area contributed by atoms with Crippen LogP contribution in [0.5, 0.6) is 0 Å². The molecule has 2 rings (SSSR count). The molecule has 0 aliphatic heterocycles. The number of rotatable bonds is 8. The van der Waals surface area contributed by atoms with Crippen molar-refractivity contribution in [2.75, 3.05) is 20.3 Å². The van der Waals surface area contributed by atoms with Gasteiger partial charge in [-0.1, -0.05) is 60.7 Å². The van der Waals surface area contributed by atoms with Crippen LogP contribution < -0.4 is 10.6 Å². The SMILES string of the molecule is COCC(C)NC(=O)CNC(c1ccccc1)c1ccccc1. The van der Waals surface area contributed by atoms with Crippen molar-refractivity contribution in [1.82, 2.24) is 10.6 Å². The van der Waals surface area contributed by atoms with E-state index in [0.717, 1.165) is 11.1 Å². The van der Waals surface area contributed by atoms with Crippen LogP contribution in [0.2, 0.25) is 0 Å². The van der Waals surface area contributed by atoms with Crippen molar-refractivity contribution in [3.05, 3.63) is 71.8 Å². The topological polar surface area (TPSA) is 50.4 Å². The first-order valence-electron chi connectivity index (χ1n) is 7.82. The van der Waals surface area contributed by atoms with Crippen molar-refractivity contribution >= 4 is 5.91 Å². The lowest BCUT2D eigenvalue weighted by molar-refractivity contribution is -0.121. The Morgan fingerprint density at radius 3 is 2.00 bits per heavy atom. The molecule has 0 radical (unpaired) electrons. The molecule has 2 aromatic carbocycles. The Morgan fingerprint density at radius 1 is 1.00 bits per heavy atom. The van der Waals surface area contributed by atoms with E-state index in [0.29, 0.717) is 6.61 Å². The molecule has 0 aliphatic carbocycles. The second-order valence-corrected chi connectivity index (χ2v) is 5.56. The van der Waals surface area contributed by atoms with E-state index in [9.17, 15) is 4.79 Å². The molecule has 1 amide bonds. The summed E-state index contributed by atoms with van der Waals surface area (Å²) < 4.78 is 5.03. The predicted octanol–water partition coefficient (Wildman–Crippen LogP) is 2.52. The van der Waals surface area contributed by atoms with E-state index in [-0.39, 0.29) is 24.5 Å². The molecular formula is C19H24N2O2. The van der Waals surface area contributed by atoms with E-state index in [1.165, 1.54) is 0 Å². The lowest BCUT2D eigenvalue weighted by atomic mass is 9.99. The maximum Gasteiger partial charge on any atom is 0.234 e. The highest BCUT2D eigenvalue weighted by Crippen LogP contribution is 2.21. The number of carbonyl (C=O) groups excluding carboxylic acids is 1. The van der Waals surface area contributed by atoms with Gasteiger partial charge in [0.15, 0.2) is 0 Å². The summed E-state index contributed by atoms with van der Waals surface area (Å²) in [4.78, 5) is 12.1. The quantitative estimate of drug-likeness (QED) is 0.787. The number of methoxy groups -OCH3 is 1. The van der Waals surface area contributed by atoms with Crippen LogP contribution in [0, 0.1) is 0 Å². The zero-order valence-corrected chi connectivity index (χ0v) is 13.7. The smallest absolute Gasteiger partial charge is 0.234 e. The molecule has 0 bridgehead atoms. The number of amides is 1. The summed E-state index contributed by atoms with van der Waals surface area (Å²) in [7, 11) is 1.63. The molecule has 4 nitrogen and oxygen atoms in total. The molecule has 4 heteroatoms. The van der Waals surface area contributed by atoms with Crippen LogP contribution in [0.1, 0.15) is 24.1 Å². The third-order valence-electron chi connectivity index (χ3n) is 3.56. The van der Waals surface area contributed by atoms with Gasteiger partial charge in [0.05, 0.1) is 19.2 Å². The zero-order valence-electron chi connectivity index (χ0n) is 13.7. The molecule has 122 valence electrons. The van der Waals surface area contributed by atoms with Gasteiger partial charge < -0.3 is 10.1 Å². The van der Waals surface area contributed by atoms with E-state index in [1.807, 2.05) is 43.3 Å². The van der Waals surface area contributed by atoms with Crippen LogP contribution in [0.15, 0.2) is 60.7 Å². The van der Waals surface area contributed by atoms with Gasteiger partial charge in [0.2, 0.25) is 5.91 Å². The molecule has 0 aromatic heterocycles. The third kappa shape index (κ3) is 5.51. The minimum absolute atomic E-state index is 0.00111. The maximum atomic E-state index is 12.1. The van der Waals surface area contributed by atoms with E-state index < -0.39 is 0 Å². The lowest BCUT2D eigenvalue weighted by Gasteiger charge is -2.20. The van der Waals surface area contributed by atoms with Crippen molar-refractivity contribution in [3.63, 3.8) is 0 Å². The molecule has 2 aromatic rings. The highest BCUT2D eigenvalue weighted by molar-refractivity contribution is 5.78. The third-order valence-corrected chi connectivity index (χ3v) is 3.56. The van der Waals surface area contributed by atoms with Gasteiger partial charge in [-0.05, 0) is 18.1 Å². The van der Waals surface area contributed by atoms with Gasteiger partial charge in [0.25, 0.3) is 0 Å². The second kappa shape index (κ2) is 9.08. The first-order valence-corrected chi connectivity index (χ1v) is 7.82. The number of carbonyl (C=O) groups is 1. The molecular weight excluding hydrogens is 288 g/mol. The summed E-state index contributed by atoms with van der Waals surface area (Å²) in [6.07, 6.45) is 0. The van der Waals surface area contributed by atoms with Gasteiger partial charge in [-0.3, -0.25) is 10.1 Å². The highest BCUT2D eigenvalue weighted by Gasteiger charge is 2.15. The maximum absolute atomic E-state index is 12.1. The van der Waals surface area contributed by atoms with Crippen LogP contribution in [-0.4, -0.2) is 32.2 Å². The van der Waals surface area contributed by atoms with Crippen molar-refractivity contribution in [1.29, 1.82) is 0 Å². The Morgan fingerprint density at radius 2 is 1.52 bits per heavy atom. The summed E-state index contributed by atoms with van der Waals surface area (Å²) >= 11 is 0.